The number of fused-ring (bicyclic) bond motifs is 1. The van der Waals surface area contributed by atoms with Gasteiger partial charge in [0.05, 0.1) is 0 Å². The van der Waals surface area contributed by atoms with Crippen LogP contribution >= 0.6 is 0 Å². The summed E-state index contributed by atoms with van der Waals surface area (Å²) in [7, 11) is 0. The van der Waals surface area contributed by atoms with E-state index in [-0.39, 0.29) is 11.6 Å². The van der Waals surface area contributed by atoms with Crippen LogP contribution in [0.25, 0.3) is 11.0 Å². The van der Waals surface area contributed by atoms with E-state index in [1.54, 1.807) is 25.1 Å². The second kappa shape index (κ2) is 8.10. The van der Waals surface area contributed by atoms with Gasteiger partial charge in [-0.05, 0) is 55.3 Å². The van der Waals surface area contributed by atoms with Crippen LogP contribution < -0.4 is 10.6 Å². The molecule has 2 amide bonds. The van der Waals surface area contributed by atoms with Crippen LogP contribution in [0.4, 0.5) is 11.4 Å². The number of aryl methyl sites for hydroxylation is 4. The number of oxazole rings is 1. The topological polar surface area (TPSA) is 97.4 Å². The molecule has 0 aliphatic rings. The van der Waals surface area contributed by atoms with Gasteiger partial charge in [-0.15, -0.1) is 0 Å². The highest BCUT2D eigenvalue weighted by Crippen LogP contribution is 2.28. The van der Waals surface area contributed by atoms with Gasteiger partial charge in [0.15, 0.2) is 11.6 Å². The largest absolute Gasteiger partial charge is 0.461 e. The van der Waals surface area contributed by atoms with Crippen molar-refractivity contribution in [3.05, 3.63) is 76.7 Å². The first kappa shape index (κ1) is 20.4. The molecule has 2 heterocycles. The molecule has 0 aliphatic heterocycles. The monoisotopic (exact) mass is 417 g/mol. The molecule has 2 aromatic heterocycles. The third-order valence-electron chi connectivity index (χ3n) is 5.21. The van der Waals surface area contributed by atoms with Crippen LogP contribution in [0.1, 0.15) is 50.5 Å². The molecule has 0 aliphatic carbocycles. The van der Waals surface area contributed by atoms with E-state index in [2.05, 4.69) is 15.6 Å². The smallest absolute Gasteiger partial charge is 0.277 e. The minimum Gasteiger partial charge on any atom is -0.461 e. The van der Waals surface area contributed by atoms with Crippen molar-refractivity contribution in [2.75, 3.05) is 10.6 Å². The maximum absolute atomic E-state index is 12.8. The molecule has 0 bridgehead atoms. The van der Waals surface area contributed by atoms with Gasteiger partial charge < -0.3 is 19.5 Å². The Morgan fingerprint density at radius 3 is 2.52 bits per heavy atom. The van der Waals surface area contributed by atoms with E-state index in [1.807, 2.05) is 39.0 Å². The Morgan fingerprint density at radius 2 is 1.81 bits per heavy atom. The highest BCUT2D eigenvalue weighted by molar-refractivity contribution is 6.07. The first-order valence-electron chi connectivity index (χ1n) is 10.0. The minimum atomic E-state index is -0.398. The molecule has 0 fully saturated rings. The summed E-state index contributed by atoms with van der Waals surface area (Å²) < 4.78 is 10.9. The second-order valence-electron chi connectivity index (χ2n) is 7.40. The average molecular weight is 417 g/mol. The van der Waals surface area contributed by atoms with Gasteiger partial charge in [-0.3, -0.25) is 9.59 Å². The first-order valence-corrected chi connectivity index (χ1v) is 10.0. The van der Waals surface area contributed by atoms with Crippen LogP contribution in [-0.2, 0) is 6.42 Å². The zero-order valence-electron chi connectivity index (χ0n) is 17.8. The van der Waals surface area contributed by atoms with Crippen molar-refractivity contribution >= 4 is 34.2 Å². The van der Waals surface area contributed by atoms with Gasteiger partial charge in [-0.25, -0.2) is 4.98 Å². The fourth-order valence-electron chi connectivity index (χ4n) is 3.44. The Kier molecular flexibility index (Phi) is 5.33. The SMILES string of the molecule is CCc1oc2ccc(NC(=O)c3ccc(C)c(NC(=O)c4coc(C)n4)c3)cc2c1C. The number of carbonyl (C=O) groups excluding carboxylic acids is 2. The van der Waals surface area contributed by atoms with Crippen LogP contribution in [0.3, 0.4) is 0 Å². The number of nitrogens with zero attached hydrogens (tertiary/aromatic N) is 1. The van der Waals surface area contributed by atoms with Gasteiger partial charge in [0.1, 0.15) is 17.6 Å². The Hall–Kier alpha value is -3.87. The van der Waals surface area contributed by atoms with Gasteiger partial charge in [-0.1, -0.05) is 13.0 Å². The standard InChI is InChI=1S/C24H23N3O4/c1-5-21-14(3)18-11-17(8-9-22(18)31-21)26-23(28)16-7-6-13(2)19(10-16)27-24(29)20-12-30-15(4)25-20/h6-12H,5H2,1-4H3,(H,26,28)(H,27,29). The van der Waals surface area contributed by atoms with E-state index in [4.69, 9.17) is 8.83 Å². The molecular weight excluding hydrogens is 394 g/mol. The summed E-state index contributed by atoms with van der Waals surface area (Å²) in [5, 5.41) is 6.69. The maximum atomic E-state index is 12.8. The van der Waals surface area contributed by atoms with Gasteiger partial charge in [0, 0.05) is 35.7 Å². The van der Waals surface area contributed by atoms with E-state index in [9.17, 15) is 9.59 Å². The molecule has 0 spiro atoms. The first-order chi connectivity index (χ1) is 14.9. The molecule has 0 unspecified atom stereocenters. The molecule has 7 heteroatoms. The maximum Gasteiger partial charge on any atom is 0.277 e. The predicted octanol–water partition coefficient (Wildman–Crippen LogP) is 5.41. The molecule has 31 heavy (non-hydrogen) atoms. The summed E-state index contributed by atoms with van der Waals surface area (Å²) in [6, 6.07) is 10.7. The van der Waals surface area contributed by atoms with Crippen molar-refractivity contribution in [2.24, 2.45) is 0 Å². The fourth-order valence-corrected chi connectivity index (χ4v) is 3.44. The number of hydrogen-bond acceptors (Lipinski definition) is 5. The minimum absolute atomic E-state index is 0.182. The van der Waals surface area contributed by atoms with Crippen molar-refractivity contribution in [1.29, 1.82) is 0 Å². The van der Waals surface area contributed by atoms with Crippen LogP contribution in [0, 0.1) is 20.8 Å². The third kappa shape index (κ3) is 4.07. The number of furan rings is 1. The van der Waals surface area contributed by atoms with Crippen LogP contribution in [0.2, 0.25) is 0 Å². The number of aromatic nitrogens is 1. The van der Waals surface area contributed by atoms with Crippen LogP contribution in [0.5, 0.6) is 0 Å². The normalized spacial score (nSPS) is 11.0. The van der Waals surface area contributed by atoms with E-state index < -0.39 is 5.91 Å². The number of benzene rings is 2. The number of nitrogens with one attached hydrogen (secondary N) is 2. The summed E-state index contributed by atoms with van der Waals surface area (Å²) in [5.74, 6) is 0.680. The lowest BCUT2D eigenvalue weighted by Crippen LogP contribution is -2.16. The summed E-state index contributed by atoms with van der Waals surface area (Å²) >= 11 is 0. The molecule has 2 aromatic carbocycles. The van der Waals surface area contributed by atoms with E-state index in [0.717, 1.165) is 34.3 Å². The van der Waals surface area contributed by atoms with Crippen molar-refractivity contribution in [3.63, 3.8) is 0 Å². The Bertz CT molecular complexity index is 1300. The van der Waals surface area contributed by atoms with Crippen LogP contribution in [-0.4, -0.2) is 16.8 Å². The number of carbonyl (C=O) groups is 2. The molecule has 158 valence electrons. The molecule has 2 N–H and O–H groups in total. The van der Waals surface area contributed by atoms with Gasteiger partial charge in [0.25, 0.3) is 11.8 Å². The lowest BCUT2D eigenvalue weighted by molar-refractivity contribution is 0.101. The zero-order valence-corrected chi connectivity index (χ0v) is 17.8. The van der Waals surface area contributed by atoms with Gasteiger partial charge in [-0.2, -0.15) is 0 Å². The van der Waals surface area contributed by atoms with E-state index in [0.29, 0.717) is 22.8 Å². The summed E-state index contributed by atoms with van der Waals surface area (Å²) in [4.78, 5) is 29.3. The average Bonchev–Trinajstić information content (AvgIpc) is 3.33. The number of anilines is 2. The van der Waals surface area contributed by atoms with E-state index >= 15 is 0 Å². The highest BCUT2D eigenvalue weighted by atomic mass is 16.3. The van der Waals surface area contributed by atoms with Crippen molar-refractivity contribution in [1.82, 2.24) is 4.98 Å². The highest BCUT2D eigenvalue weighted by Gasteiger charge is 2.15. The van der Waals surface area contributed by atoms with Gasteiger partial charge in [0.2, 0.25) is 0 Å². The van der Waals surface area contributed by atoms with Crippen molar-refractivity contribution < 1.29 is 18.4 Å². The van der Waals surface area contributed by atoms with Crippen molar-refractivity contribution in [2.45, 2.75) is 34.1 Å². The Morgan fingerprint density at radius 1 is 1.00 bits per heavy atom. The molecule has 4 aromatic rings. The lowest BCUT2D eigenvalue weighted by atomic mass is 10.1. The summed E-state index contributed by atoms with van der Waals surface area (Å²) in [6.45, 7) is 7.58. The van der Waals surface area contributed by atoms with Crippen LogP contribution in [0.15, 0.2) is 51.5 Å². The molecular formula is C24H23N3O4. The zero-order chi connectivity index (χ0) is 22.1. The second-order valence-corrected chi connectivity index (χ2v) is 7.40. The Labute approximate surface area is 179 Å². The number of amides is 2. The molecule has 4 rings (SSSR count). The molecule has 7 nitrogen and oxygen atoms in total. The molecule has 0 atom stereocenters. The fraction of sp³-hybridized carbons (Fsp3) is 0.208. The molecule has 0 saturated heterocycles. The van der Waals surface area contributed by atoms with Crippen molar-refractivity contribution in [3.8, 4) is 0 Å². The quantitative estimate of drug-likeness (QED) is 0.452. The summed E-state index contributed by atoms with van der Waals surface area (Å²) in [6.07, 6.45) is 2.11. The summed E-state index contributed by atoms with van der Waals surface area (Å²) in [5.41, 5.74) is 4.53. The van der Waals surface area contributed by atoms with E-state index in [1.165, 1.54) is 6.26 Å². The number of rotatable bonds is 5. The Balaban J connectivity index is 1.55. The lowest BCUT2D eigenvalue weighted by Gasteiger charge is -2.10. The number of hydrogen-bond donors (Lipinski definition) is 2. The predicted molar refractivity (Wildman–Crippen MR) is 119 cm³/mol. The van der Waals surface area contributed by atoms with Gasteiger partial charge >= 0.3 is 0 Å². The molecule has 0 radical (unpaired) electrons. The third-order valence-corrected chi connectivity index (χ3v) is 5.21. The molecule has 0 saturated carbocycles.